The normalized spacial score (nSPS) is 13.4. The number of amides is 1. The van der Waals surface area contributed by atoms with E-state index in [9.17, 15) is 20.1 Å². The van der Waals surface area contributed by atoms with Crippen LogP contribution in [0.25, 0.3) is 0 Å². The van der Waals surface area contributed by atoms with E-state index in [-0.39, 0.29) is 12.5 Å². The zero-order valence-electron chi connectivity index (χ0n) is 40.2. The van der Waals surface area contributed by atoms with Crippen LogP contribution in [0.4, 0.5) is 0 Å². The molecule has 5 nitrogen and oxygen atoms in total. The quantitative estimate of drug-likeness (QED) is 0.0363. The summed E-state index contributed by atoms with van der Waals surface area (Å²) in [5, 5.41) is 33.6. The molecule has 0 bridgehead atoms. The summed E-state index contributed by atoms with van der Waals surface area (Å²) >= 11 is 0. The summed E-state index contributed by atoms with van der Waals surface area (Å²) in [4.78, 5) is 12.5. The lowest BCUT2D eigenvalue weighted by Gasteiger charge is -2.26. The molecular weight excluding hydrogens is 727 g/mol. The molecule has 0 fully saturated rings. The molecule has 3 unspecified atom stereocenters. The maximum absolute atomic E-state index is 12.5. The van der Waals surface area contributed by atoms with Crippen LogP contribution in [-0.2, 0) is 4.79 Å². The second-order valence-corrected chi connectivity index (χ2v) is 18.8. The van der Waals surface area contributed by atoms with Crippen LogP contribution < -0.4 is 5.32 Å². The van der Waals surface area contributed by atoms with Crippen molar-refractivity contribution in [3.8, 4) is 0 Å². The number of nitrogens with one attached hydrogen (secondary N) is 1. The van der Waals surface area contributed by atoms with Gasteiger partial charge >= 0.3 is 0 Å². The van der Waals surface area contributed by atoms with E-state index >= 15 is 0 Å². The van der Waals surface area contributed by atoms with Gasteiger partial charge in [0, 0.05) is 6.42 Å². The predicted octanol–water partition coefficient (Wildman–Crippen LogP) is 16.3. The number of aliphatic hydroxyl groups is 3. The summed E-state index contributed by atoms with van der Waals surface area (Å²) in [6.45, 7) is 4.20. The maximum atomic E-state index is 12.5. The molecule has 0 saturated heterocycles. The van der Waals surface area contributed by atoms with Crippen LogP contribution in [-0.4, -0.2) is 46.1 Å². The van der Waals surface area contributed by atoms with E-state index in [1.165, 1.54) is 238 Å². The first kappa shape index (κ1) is 58.1. The van der Waals surface area contributed by atoms with Crippen LogP contribution in [0.1, 0.15) is 303 Å². The first-order valence-corrected chi connectivity index (χ1v) is 27.0. The van der Waals surface area contributed by atoms with Crippen molar-refractivity contribution in [3.63, 3.8) is 0 Å². The Hall–Kier alpha value is -0.910. The van der Waals surface area contributed by atoms with E-state index in [1.54, 1.807) is 0 Å². The zero-order chi connectivity index (χ0) is 43.0. The predicted molar refractivity (Wildman–Crippen MR) is 259 cm³/mol. The maximum Gasteiger partial charge on any atom is 0.220 e. The van der Waals surface area contributed by atoms with Crippen LogP contribution in [0.5, 0.6) is 0 Å². The zero-order valence-corrected chi connectivity index (χ0v) is 40.2. The van der Waals surface area contributed by atoms with Crippen molar-refractivity contribution in [2.24, 2.45) is 0 Å². The van der Waals surface area contributed by atoms with E-state index < -0.39 is 18.2 Å². The van der Waals surface area contributed by atoms with Gasteiger partial charge in [0.15, 0.2) is 0 Å². The molecule has 5 heteroatoms. The molecule has 0 rings (SSSR count). The number of hydrogen-bond donors (Lipinski definition) is 4. The summed E-state index contributed by atoms with van der Waals surface area (Å²) in [6.07, 6.45) is 60.8. The Kier molecular flexibility index (Phi) is 49.0. The van der Waals surface area contributed by atoms with Gasteiger partial charge in [0.2, 0.25) is 5.91 Å². The van der Waals surface area contributed by atoms with Crippen molar-refractivity contribution in [2.45, 2.75) is 321 Å². The fourth-order valence-electron chi connectivity index (χ4n) is 8.70. The highest BCUT2D eigenvalue weighted by atomic mass is 16.3. The van der Waals surface area contributed by atoms with Crippen LogP contribution in [0.3, 0.4) is 0 Å². The Bertz CT molecular complexity index is 833. The molecular formula is C54H107NO4. The molecule has 0 aromatic rings. The Morgan fingerprint density at radius 2 is 0.678 bits per heavy atom. The van der Waals surface area contributed by atoms with Gasteiger partial charge in [-0.15, -0.1) is 0 Å². The monoisotopic (exact) mass is 834 g/mol. The fourth-order valence-corrected chi connectivity index (χ4v) is 8.70. The molecule has 0 aromatic carbocycles. The second-order valence-electron chi connectivity index (χ2n) is 18.8. The van der Waals surface area contributed by atoms with Crippen molar-refractivity contribution >= 4 is 5.91 Å². The van der Waals surface area contributed by atoms with Gasteiger partial charge in [0.1, 0.15) is 6.10 Å². The molecule has 3 atom stereocenters. The molecule has 0 aliphatic rings. The van der Waals surface area contributed by atoms with Gasteiger partial charge in [-0.25, -0.2) is 0 Å². The SMILES string of the molecule is CCCCCCCCCCCC/C=C/CCCC(O)C(O)C(CO)NC(=O)CCCCCCCCCCCCCCCCCCCCCCCCCCCCCCCC. The number of aliphatic hydroxyl groups excluding tert-OH is 3. The molecule has 0 aliphatic carbocycles. The molecule has 0 spiro atoms. The largest absolute Gasteiger partial charge is 0.394 e. The van der Waals surface area contributed by atoms with E-state index in [1.807, 2.05) is 0 Å². The first-order chi connectivity index (χ1) is 29.1. The summed E-state index contributed by atoms with van der Waals surface area (Å²) < 4.78 is 0. The smallest absolute Gasteiger partial charge is 0.220 e. The van der Waals surface area contributed by atoms with Crippen molar-refractivity contribution in [3.05, 3.63) is 12.2 Å². The van der Waals surface area contributed by atoms with E-state index in [0.717, 1.165) is 38.5 Å². The third kappa shape index (κ3) is 44.9. The molecule has 0 aliphatic heterocycles. The molecule has 0 heterocycles. The van der Waals surface area contributed by atoms with Crippen molar-refractivity contribution in [1.82, 2.24) is 5.32 Å². The van der Waals surface area contributed by atoms with Crippen LogP contribution in [0.15, 0.2) is 12.2 Å². The van der Waals surface area contributed by atoms with E-state index in [0.29, 0.717) is 12.8 Å². The van der Waals surface area contributed by atoms with Gasteiger partial charge in [-0.05, 0) is 38.5 Å². The first-order valence-electron chi connectivity index (χ1n) is 27.0. The molecule has 59 heavy (non-hydrogen) atoms. The third-order valence-corrected chi connectivity index (χ3v) is 12.9. The van der Waals surface area contributed by atoms with Gasteiger partial charge < -0.3 is 20.6 Å². The topological polar surface area (TPSA) is 89.8 Å². The average Bonchev–Trinajstić information content (AvgIpc) is 3.24. The van der Waals surface area contributed by atoms with E-state index in [4.69, 9.17) is 0 Å². The Morgan fingerprint density at radius 3 is 0.983 bits per heavy atom. The number of rotatable bonds is 50. The Labute approximate surface area is 369 Å². The Morgan fingerprint density at radius 1 is 0.407 bits per heavy atom. The van der Waals surface area contributed by atoms with Gasteiger partial charge in [-0.2, -0.15) is 0 Å². The van der Waals surface area contributed by atoms with Crippen LogP contribution in [0.2, 0.25) is 0 Å². The number of carbonyl (C=O) groups is 1. The lowest BCUT2D eigenvalue weighted by atomic mass is 10.0. The molecule has 4 N–H and O–H groups in total. The molecule has 352 valence electrons. The molecule has 0 saturated carbocycles. The summed E-state index contributed by atoms with van der Waals surface area (Å²) in [7, 11) is 0. The highest BCUT2D eigenvalue weighted by molar-refractivity contribution is 5.76. The standard InChI is InChI=1S/C54H107NO4/c1-3-5-7-9-11-13-15-17-19-20-21-22-23-24-25-26-27-28-29-30-31-32-33-35-37-39-41-43-45-47-49-53(58)55-51(50-56)54(59)52(57)48-46-44-42-40-38-36-34-18-16-14-12-10-8-6-4-2/h40,42,51-52,54,56-57,59H,3-39,41,43-50H2,1-2H3,(H,55,58)/b42-40+. The number of allylic oxidation sites excluding steroid dienone is 2. The van der Waals surface area contributed by atoms with Crippen molar-refractivity contribution in [1.29, 1.82) is 0 Å². The third-order valence-electron chi connectivity index (χ3n) is 12.9. The number of hydrogen-bond acceptors (Lipinski definition) is 4. The summed E-state index contributed by atoms with van der Waals surface area (Å²) in [5.74, 6) is -0.148. The second kappa shape index (κ2) is 49.7. The lowest BCUT2D eigenvalue weighted by Crippen LogP contribution is -2.50. The van der Waals surface area contributed by atoms with Crippen LogP contribution >= 0.6 is 0 Å². The lowest BCUT2D eigenvalue weighted by molar-refractivity contribution is -0.124. The summed E-state index contributed by atoms with van der Waals surface area (Å²) in [5.41, 5.74) is 0. The minimum atomic E-state index is -1.15. The molecule has 0 aromatic heterocycles. The van der Waals surface area contributed by atoms with Crippen LogP contribution in [0, 0.1) is 0 Å². The number of unbranched alkanes of at least 4 members (excludes halogenated alkanes) is 40. The Balaban J connectivity index is 3.49. The molecule has 0 radical (unpaired) electrons. The van der Waals surface area contributed by atoms with Gasteiger partial charge in [0.25, 0.3) is 0 Å². The highest BCUT2D eigenvalue weighted by Gasteiger charge is 2.26. The van der Waals surface area contributed by atoms with Crippen molar-refractivity contribution in [2.75, 3.05) is 6.61 Å². The van der Waals surface area contributed by atoms with E-state index in [2.05, 4.69) is 31.3 Å². The number of carbonyl (C=O) groups excluding carboxylic acids is 1. The fraction of sp³-hybridized carbons (Fsp3) is 0.944. The minimum absolute atomic E-state index is 0.148. The summed E-state index contributed by atoms with van der Waals surface area (Å²) in [6, 6.07) is -0.821. The van der Waals surface area contributed by atoms with Gasteiger partial charge in [-0.3, -0.25) is 4.79 Å². The van der Waals surface area contributed by atoms with Crippen molar-refractivity contribution < 1.29 is 20.1 Å². The minimum Gasteiger partial charge on any atom is -0.394 e. The van der Waals surface area contributed by atoms with Gasteiger partial charge in [0.05, 0.1) is 18.8 Å². The van der Waals surface area contributed by atoms with Gasteiger partial charge in [-0.1, -0.05) is 270 Å². The average molecular weight is 834 g/mol. The molecule has 1 amide bonds. The highest BCUT2D eigenvalue weighted by Crippen LogP contribution is 2.18.